The van der Waals surface area contributed by atoms with E-state index >= 15 is 0 Å². The zero-order valence-electron chi connectivity index (χ0n) is 9.06. The molecule has 4 heteroatoms. The van der Waals surface area contributed by atoms with E-state index in [2.05, 4.69) is 0 Å². The van der Waals surface area contributed by atoms with Crippen molar-refractivity contribution in [3.63, 3.8) is 0 Å². The van der Waals surface area contributed by atoms with Crippen LogP contribution in [0.5, 0.6) is 5.75 Å². The molecule has 0 aromatic heterocycles. The van der Waals surface area contributed by atoms with Gasteiger partial charge in [0.15, 0.2) is 5.75 Å². The van der Waals surface area contributed by atoms with Crippen molar-refractivity contribution in [2.24, 2.45) is 0 Å². The highest BCUT2D eigenvalue weighted by Crippen LogP contribution is 2.22. The Hall–Kier alpha value is -2.10. The number of hydroxylamine groups is 2. The maximum absolute atomic E-state index is 11.3. The first-order valence-corrected chi connectivity index (χ1v) is 4.90. The van der Waals surface area contributed by atoms with Crippen molar-refractivity contribution in [2.45, 2.75) is 13.8 Å². The smallest absolute Gasteiger partial charge is 0.287 e. The second kappa shape index (κ2) is 3.81. The summed E-state index contributed by atoms with van der Waals surface area (Å²) in [7, 11) is 0. The Balaban J connectivity index is 2.25. The van der Waals surface area contributed by atoms with Crippen molar-refractivity contribution in [3.05, 3.63) is 41.5 Å². The molecule has 1 aromatic rings. The van der Waals surface area contributed by atoms with E-state index < -0.39 is 11.8 Å². The number of hydrogen-bond acceptors (Lipinski definition) is 3. The number of carbonyl (C=O) groups is 2. The first-order valence-electron chi connectivity index (χ1n) is 4.90. The molecule has 1 aliphatic rings. The third kappa shape index (κ3) is 1.69. The zero-order chi connectivity index (χ0) is 11.7. The Morgan fingerprint density at radius 3 is 2.31 bits per heavy atom. The largest absolute Gasteiger partial charge is 0.368 e. The summed E-state index contributed by atoms with van der Waals surface area (Å²) in [6, 6.07) is 5.48. The molecule has 0 N–H and O–H groups in total. The first-order chi connectivity index (χ1) is 7.59. The second-order valence-corrected chi connectivity index (χ2v) is 3.59. The zero-order valence-corrected chi connectivity index (χ0v) is 9.06. The molecule has 0 unspecified atom stereocenters. The Labute approximate surface area is 93.1 Å². The van der Waals surface area contributed by atoms with Crippen LogP contribution in [0.4, 0.5) is 0 Å². The van der Waals surface area contributed by atoms with Gasteiger partial charge < -0.3 is 4.84 Å². The molecule has 4 nitrogen and oxygen atoms in total. The summed E-state index contributed by atoms with van der Waals surface area (Å²) in [6.07, 6.45) is 2.38. The Morgan fingerprint density at radius 2 is 1.69 bits per heavy atom. The number of nitrogens with zero attached hydrogens (tertiary/aromatic N) is 1. The van der Waals surface area contributed by atoms with Gasteiger partial charge in [0.05, 0.1) is 0 Å². The average molecular weight is 217 g/mol. The van der Waals surface area contributed by atoms with Crippen molar-refractivity contribution in [3.8, 4) is 5.75 Å². The maximum Gasteiger partial charge on any atom is 0.287 e. The molecule has 0 bridgehead atoms. The van der Waals surface area contributed by atoms with E-state index in [4.69, 9.17) is 4.84 Å². The summed E-state index contributed by atoms with van der Waals surface area (Å²) in [6.45, 7) is 3.82. The number of benzene rings is 1. The van der Waals surface area contributed by atoms with E-state index in [9.17, 15) is 9.59 Å². The van der Waals surface area contributed by atoms with Crippen LogP contribution in [0.1, 0.15) is 11.1 Å². The standard InChI is InChI=1S/C12H11NO3/c1-8-4-3-5-10(9(8)2)16-13-11(14)6-7-12(13)15/h3-7H,1-2H3. The highest BCUT2D eigenvalue weighted by Gasteiger charge is 2.26. The van der Waals surface area contributed by atoms with Crippen LogP contribution < -0.4 is 4.84 Å². The fourth-order valence-electron chi connectivity index (χ4n) is 1.40. The number of hydrogen-bond donors (Lipinski definition) is 0. The lowest BCUT2D eigenvalue weighted by molar-refractivity contribution is -0.162. The van der Waals surface area contributed by atoms with E-state index in [-0.39, 0.29) is 0 Å². The summed E-state index contributed by atoms with van der Waals surface area (Å²) in [5, 5.41) is 0.752. The first kappa shape index (κ1) is 10.4. The SMILES string of the molecule is Cc1cccc(ON2C(=O)C=CC2=O)c1C. The number of aryl methyl sites for hydroxylation is 1. The number of imide groups is 1. The van der Waals surface area contributed by atoms with E-state index in [1.54, 1.807) is 6.07 Å². The highest BCUT2D eigenvalue weighted by atomic mass is 16.7. The molecule has 82 valence electrons. The summed E-state index contributed by atoms with van der Waals surface area (Å²) in [4.78, 5) is 27.8. The molecule has 2 rings (SSSR count). The van der Waals surface area contributed by atoms with Crippen LogP contribution in [0, 0.1) is 13.8 Å². The van der Waals surface area contributed by atoms with Crippen LogP contribution in [-0.4, -0.2) is 16.9 Å². The molecule has 1 aromatic carbocycles. The maximum atomic E-state index is 11.3. The van der Waals surface area contributed by atoms with Gasteiger partial charge in [0.1, 0.15) is 0 Å². The quantitative estimate of drug-likeness (QED) is 0.705. The third-order valence-electron chi connectivity index (χ3n) is 2.51. The fourth-order valence-corrected chi connectivity index (χ4v) is 1.40. The summed E-state index contributed by atoms with van der Waals surface area (Å²) in [5.41, 5.74) is 1.96. The topological polar surface area (TPSA) is 46.6 Å². The molecular weight excluding hydrogens is 206 g/mol. The van der Waals surface area contributed by atoms with Gasteiger partial charge in [-0.3, -0.25) is 9.59 Å². The molecule has 0 spiro atoms. The molecule has 0 aliphatic carbocycles. The van der Waals surface area contributed by atoms with Gasteiger partial charge in [0.2, 0.25) is 0 Å². The average Bonchev–Trinajstić information content (AvgIpc) is 2.56. The minimum absolute atomic E-state index is 0.453. The van der Waals surface area contributed by atoms with Crippen LogP contribution >= 0.6 is 0 Å². The van der Waals surface area contributed by atoms with Gasteiger partial charge in [0.25, 0.3) is 11.8 Å². The van der Waals surface area contributed by atoms with Crippen LogP contribution in [0.25, 0.3) is 0 Å². The minimum atomic E-state index is -0.453. The molecule has 16 heavy (non-hydrogen) atoms. The molecule has 2 amide bonds. The number of carbonyl (C=O) groups excluding carboxylic acids is 2. The van der Waals surface area contributed by atoms with Crippen LogP contribution in [0.3, 0.4) is 0 Å². The summed E-state index contributed by atoms with van der Waals surface area (Å²) in [5.74, 6) is -0.387. The minimum Gasteiger partial charge on any atom is -0.368 e. The van der Waals surface area contributed by atoms with Gasteiger partial charge in [-0.2, -0.15) is 0 Å². The van der Waals surface area contributed by atoms with Gasteiger partial charge in [0, 0.05) is 12.2 Å². The van der Waals surface area contributed by atoms with Crippen LogP contribution in [0.2, 0.25) is 0 Å². The molecule has 1 aliphatic heterocycles. The lowest BCUT2D eigenvalue weighted by Gasteiger charge is -2.16. The van der Waals surface area contributed by atoms with Crippen molar-refractivity contribution in [1.82, 2.24) is 5.06 Å². The normalized spacial score (nSPS) is 14.8. The molecule has 1 heterocycles. The van der Waals surface area contributed by atoms with Gasteiger partial charge in [-0.1, -0.05) is 17.2 Å². The summed E-state index contributed by atoms with van der Waals surface area (Å²) < 4.78 is 0. The van der Waals surface area contributed by atoms with E-state index in [1.807, 2.05) is 26.0 Å². The van der Waals surface area contributed by atoms with Crippen molar-refractivity contribution < 1.29 is 14.4 Å². The Kier molecular flexibility index (Phi) is 2.48. The molecule has 0 radical (unpaired) electrons. The van der Waals surface area contributed by atoms with Gasteiger partial charge in [-0.15, -0.1) is 0 Å². The molecular formula is C12H11NO3. The van der Waals surface area contributed by atoms with Crippen molar-refractivity contribution >= 4 is 11.8 Å². The lowest BCUT2D eigenvalue weighted by Crippen LogP contribution is -2.33. The van der Waals surface area contributed by atoms with Crippen molar-refractivity contribution in [2.75, 3.05) is 0 Å². The fraction of sp³-hybridized carbons (Fsp3) is 0.167. The van der Waals surface area contributed by atoms with Crippen LogP contribution in [-0.2, 0) is 9.59 Å². The van der Waals surface area contributed by atoms with Gasteiger partial charge in [-0.25, -0.2) is 0 Å². The molecule has 0 atom stereocenters. The third-order valence-corrected chi connectivity index (χ3v) is 2.51. The summed E-state index contributed by atoms with van der Waals surface area (Å²) >= 11 is 0. The van der Waals surface area contributed by atoms with E-state index in [1.165, 1.54) is 12.2 Å². The van der Waals surface area contributed by atoms with Crippen molar-refractivity contribution in [1.29, 1.82) is 0 Å². The van der Waals surface area contributed by atoms with Gasteiger partial charge >= 0.3 is 0 Å². The predicted molar refractivity (Wildman–Crippen MR) is 57.5 cm³/mol. The molecule has 0 saturated carbocycles. The van der Waals surface area contributed by atoms with Crippen LogP contribution in [0.15, 0.2) is 30.4 Å². The molecule has 0 saturated heterocycles. The van der Waals surface area contributed by atoms with Gasteiger partial charge in [-0.05, 0) is 31.0 Å². The number of amides is 2. The molecule has 0 fully saturated rings. The lowest BCUT2D eigenvalue weighted by atomic mass is 10.1. The number of rotatable bonds is 2. The Morgan fingerprint density at radius 1 is 1.06 bits per heavy atom. The van der Waals surface area contributed by atoms with E-state index in [0.29, 0.717) is 5.75 Å². The second-order valence-electron chi connectivity index (χ2n) is 3.59. The highest BCUT2D eigenvalue weighted by molar-refractivity contribution is 6.12. The Bertz CT molecular complexity index is 473. The monoisotopic (exact) mass is 217 g/mol. The predicted octanol–water partition coefficient (Wildman–Crippen LogP) is 1.52. The van der Waals surface area contributed by atoms with E-state index in [0.717, 1.165) is 16.2 Å².